The molecule has 106 valence electrons. The van der Waals surface area contributed by atoms with Crippen molar-refractivity contribution in [2.45, 2.75) is 13.3 Å². The number of hydrogen-bond donors (Lipinski definition) is 2. The van der Waals surface area contributed by atoms with Gasteiger partial charge >= 0.3 is 29.6 Å². The SMILES string of the molecule is C[C@@H]1CC(=O)NN=C1c1ccc(NN=C(C#N)C#N)cc1.[H-].[Na+]. The molecule has 1 aromatic carbocycles. The van der Waals surface area contributed by atoms with Crippen molar-refractivity contribution in [2.75, 3.05) is 5.43 Å². The molecule has 0 fully saturated rings. The van der Waals surface area contributed by atoms with Gasteiger partial charge in [-0.2, -0.15) is 20.7 Å². The molecule has 1 amide bonds. The third kappa shape index (κ3) is 4.40. The first-order valence-corrected chi connectivity index (χ1v) is 6.24. The van der Waals surface area contributed by atoms with Gasteiger partial charge in [-0.1, -0.05) is 19.1 Å². The molecule has 0 radical (unpaired) electrons. The molecule has 1 aromatic rings. The number of nitrogens with one attached hydrogen (secondary N) is 2. The van der Waals surface area contributed by atoms with Crippen molar-refractivity contribution in [3.8, 4) is 12.1 Å². The Labute approximate surface area is 151 Å². The molecule has 1 aliphatic rings. The third-order valence-corrected chi connectivity index (χ3v) is 2.95. The van der Waals surface area contributed by atoms with Gasteiger partial charge in [-0.15, -0.1) is 0 Å². The van der Waals surface area contributed by atoms with Crippen molar-refractivity contribution in [3.63, 3.8) is 0 Å². The summed E-state index contributed by atoms with van der Waals surface area (Å²) in [6.45, 7) is 1.94. The number of hydrazone groups is 2. The smallest absolute Gasteiger partial charge is 1.00 e. The van der Waals surface area contributed by atoms with Crippen LogP contribution in [0.5, 0.6) is 0 Å². The maximum atomic E-state index is 11.2. The Morgan fingerprint density at radius 1 is 1.41 bits per heavy atom. The Bertz CT molecular complexity index is 685. The summed E-state index contributed by atoms with van der Waals surface area (Å²) in [4.78, 5) is 11.2. The second-order valence-electron chi connectivity index (χ2n) is 4.51. The van der Waals surface area contributed by atoms with Crippen LogP contribution in [-0.4, -0.2) is 17.3 Å². The van der Waals surface area contributed by atoms with Crippen LogP contribution in [0.2, 0.25) is 0 Å². The first-order valence-electron chi connectivity index (χ1n) is 6.24. The molecule has 0 aromatic heterocycles. The summed E-state index contributed by atoms with van der Waals surface area (Å²) >= 11 is 0. The van der Waals surface area contributed by atoms with E-state index < -0.39 is 0 Å². The molecule has 0 unspecified atom stereocenters. The van der Waals surface area contributed by atoms with Crippen LogP contribution in [0.15, 0.2) is 34.5 Å². The summed E-state index contributed by atoms with van der Waals surface area (Å²) in [5.74, 6) is -0.0289. The molecule has 1 aliphatic heterocycles. The Morgan fingerprint density at radius 2 is 2.05 bits per heavy atom. The zero-order chi connectivity index (χ0) is 15.2. The molecule has 0 saturated carbocycles. The van der Waals surface area contributed by atoms with Crippen LogP contribution in [0.3, 0.4) is 0 Å². The van der Waals surface area contributed by atoms with Crippen molar-refractivity contribution in [2.24, 2.45) is 16.1 Å². The second-order valence-corrected chi connectivity index (χ2v) is 4.51. The number of rotatable bonds is 3. The van der Waals surface area contributed by atoms with E-state index in [-0.39, 0.29) is 48.5 Å². The zero-order valence-electron chi connectivity index (χ0n) is 13.3. The fraction of sp³-hybridized carbons (Fsp3) is 0.214. The van der Waals surface area contributed by atoms with Gasteiger partial charge in [-0.25, -0.2) is 5.43 Å². The van der Waals surface area contributed by atoms with Gasteiger partial charge in [0.1, 0.15) is 12.1 Å². The summed E-state index contributed by atoms with van der Waals surface area (Å²) in [7, 11) is 0. The Kier molecular flexibility index (Phi) is 6.74. The molecule has 0 aliphatic carbocycles. The molecule has 0 saturated heterocycles. The number of amides is 1. The van der Waals surface area contributed by atoms with Crippen LogP contribution < -0.4 is 40.4 Å². The molecule has 0 spiro atoms. The van der Waals surface area contributed by atoms with Crippen LogP contribution in [0.1, 0.15) is 20.3 Å². The molecule has 8 heteroatoms. The van der Waals surface area contributed by atoms with Gasteiger partial charge in [-0.3, -0.25) is 10.2 Å². The Hall–Kier alpha value is -2.19. The predicted molar refractivity (Wildman–Crippen MR) is 78.3 cm³/mol. The van der Waals surface area contributed by atoms with Crippen molar-refractivity contribution in [1.82, 2.24) is 5.43 Å². The van der Waals surface area contributed by atoms with E-state index in [4.69, 9.17) is 10.5 Å². The van der Waals surface area contributed by atoms with Gasteiger partial charge in [0.15, 0.2) is 0 Å². The summed E-state index contributed by atoms with van der Waals surface area (Å²) in [6, 6.07) is 10.5. The average Bonchev–Trinajstić information content (AvgIpc) is 2.49. The molecule has 1 heterocycles. The quantitative estimate of drug-likeness (QED) is 0.401. The fourth-order valence-electron chi connectivity index (χ4n) is 1.91. The van der Waals surface area contributed by atoms with Crippen molar-refractivity contribution < 1.29 is 35.8 Å². The number of anilines is 1. The normalized spacial score (nSPS) is 16.0. The van der Waals surface area contributed by atoms with E-state index in [0.29, 0.717) is 12.1 Å². The van der Waals surface area contributed by atoms with Crippen molar-refractivity contribution in [3.05, 3.63) is 29.8 Å². The van der Waals surface area contributed by atoms with E-state index in [1.807, 2.05) is 19.1 Å². The minimum Gasteiger partial charge on any atom is -1.00 e. The third-order valence-electron chi connectivity index (χ3n) is 2.95. The Morgan fingerprint density at radius 3 is 2.59 bits per heavy atom. The largest absolute Gasteiger partial charge is 1.00 e. The Balaban J connectivity index is 0.00000242. The number of hydrogen-bond acceptors (Lipinski definition) is 6. The molecule has 2 rings (SSSR count). The summed E-state index contributed by atoms with van der Waals surface area (Å²) in [5.41, 5.74) is 7.22. The first kappa shape index (κ1) is 17.9. The van der Waals surface area contributed by atoms with E-state index in [1.165, 1.54) is 0 Å². The maximum Gasteiger partial charge on any atom is 1.00 e. The molecule has 22 heavy (non-hydrogen) atoms. The molecule has 1 atom stereocenters. The molecule has 0 bridgehead atoms. The van der Waals surface area contributed by atoms with Crippen molar-refractivity contribution in [1.29, 1.82) is 10.5 Å². The van der Waals surface area contributed by atoms with E-state index in [9.17, 15) is 4.79 Å². The van der Waals surface area contributed by atoms with Crippen LogP contribution in [0.25, 0.3) is 0 Å². The standard InChI is InChI=1S/C14H12N6O.Na.H/c1-9-6-13(21)19-20-14(9)10-2-4-11(5-3-10)17-18-12(7-15)8-16;;/h2-5,9,17H,6H2,1H3,(H,19,21);;/q;+1;-1/t9-;;/m1../s1. The van der Waals surface area contributed by atoms with Gasteiger partial charge in [0.05, 0.1) is 11.4 Å². The van der Waals surface area contributed by atoms with Crippen LogP contribution >= 0.6 is 0 Å². The van der Waals surface area contributed by atoms with Gasteiger partial charge < -0.3 is 1.43 Å². The average molecular weight is 304 g/mol. The van der Waals surface area contributed by atoms with E-state index in [1.54, 1.807) is 24.3 Å². The molecule has 2 N–H and O–H groups in total. The minimum atomic E-state index is -0.243. The maximum absolute atomic E-state index is 11.2. The monoisotopic (exact) mass is 304 g/mol. The van der Waals surface area contributed by atoms with E-state index in [0.717, 1.165) is 11.3 Å². The number of carbonyl (C=O) groups is 1. The fourth-order valence-corrected chi connectivity index (χ4v) is 1.91. The second kappa shape index (κ2) is 8.30. The van der Waals surface area contributed by atoms with Crippen molar-refractivity contribution >= 4 is 23.0 Å². The first-order chi connectivity index (χ1) is 10.1. The van der Waals surface area contributed by atoms with E-state index >= 15 is 0 Å². The van der Waals surface area contributed by atoms with Crippen LogP contribution in [0, 0.1) is 28.6 Å². The molecule has 7 nitrogen and oxygen atoms in total. The van der Waals surface area contributed by atoms with Crippen LogP contribution in [-0.2, 0) is 4.79 Å². The number of benzene rings is 1. The molecular formula is C14H13N6NaO. The number of nitriles is 2. The summed E-state index contributed by atoms with van der Waals surface area (Å²) < 4.78 is 0. The molecular weight excluding hydrogens is 291 g/mol. The van der Waals surface area contributed by atoms with Crippen LogP contribution in [0.4, 0.5) is 5.69 Å². The minimum absolute atomic E-state index is 0. The topological polar surface area (TPSA) is 113 Å². The predicted octanol–water partition coefficient (Wildman–Crippen LogP) is -1.52. The van der Waals surface area contributed by atoms with Gasteiger partial charge in [0.2, 0.25) is 11.6 Å². The summed E-state index contributed by atoms with van der Waals surface area (Å²) in [5, 5.41) is 24.9. The van der Waals surface area contributed by atoms with Gasteiger partial charge in [0, 0.05) is 12.3 Å². The zero-order valence-corrected chi connectivity index (χ0v) is 14.3. The summed E-state index contributed by atoms with van der Waals surface area (Å²) in [6.07, 6.45) is 0.414. The number of carbonyl (C=O) groups excluding carboxylic acids is 1. The van der Waals surface area contributed by atoms with Gasteiger partial charge in [0.25, 0.3) is 0 Å². The van der Waals surface area contributed by atoms with E-state index in [2.05, 4.69) is 21.1 Å². The number of nitrogens with zero attached hydrogens (tertiary/aromatic N) is 4. The van der Waals surface area contributed by atoms with Gasteiger partial charge in [-0.05, 0) is 17.7 Å².